The molecule has 0 aromatic carbocycles. The first-order valence-corrected chi connectivity index (χ1v) is 7.39. The number of carbonyl (C=O) groups excluding carboxylic acids is 1. The van der Waals surface area contributed by atoms with Crippen molar-refractivity contribution in [3.05, 3.63) is 0 Å². The van der Waals surface area contributed by atoms with E-state index in [9.17, 15) is 4.79 Å². The molecule has 0 bridgehead atoms. The lowest BCUT2D eigenvalue weighted by molar-refractivity contribution is -0.124. The summed E-state index contributed by atoms with van der Waals surface area (Å²) in [6.45, 7) is 2.12. The molecule has 92 valence electrons. The fourth-order valence-corrected chi connectivity index (χ4v) is 4.32. The van der Waals surface area contributed by atoms with Crippen molar-refractivity contribution < 1.29 is 4.79 Å². The second-order valence-corrected chi connectivity index (χ2v) is 6.53. The summed E-state index contributed by atoms with van der Waals surface area (Å²) >= 11 is 1.86. The zero-order valence-corrected chi connectivity index (χ0v) is 10.8. The average molecular weight is 242 g/mol. The van der Waals surface area contributed by atoms with Gasteiger partial charge >= 0.3 is 0 Å². The molecule has 2 aliphatic rings. The summed E-state index contributed by atoms with van der Waals surface area (Å²) < 4.78 is 0. The number of thioether (sulfide) groups is 1. The molecule has 1 heterocycles. The van der Waals surface area contributed by atoms with E-state index in [0.717, 1.165) is 12.2 Å². The van der Waals surface area contributed by atoms with E-state index in [4.69, 9.17) is 5.73 Å². The molecule has 4 heteroatoms. The lowest BCUT2D eigenvalue weighted by Crippen LogP contribution is -2.62. The molecule has 1 amide bonds. The van der Waals surface area contributed by atoms with Crippen LogP contribution in [0.25, 0.3) is 0 Å². The van der Waals surface area contributed by atoms with Crippen LogP contribution in [0.4, 0.5) is 0 Å². The van der Waals surface area contributed by atoms with E-state index in [1.54, 1.807) is 0 Å². The summed E-state index contributed by atoms with van der Waals surface area (Å²) in [5.41, 5.74) is 5.19. The van der Waals surface area contributed by atoms with Crippen LogP contribution in [0.5, 0.6) is 0 Å². The van der Waals surface area contributed by atoms with Gasteiger partial charge in [0.05, 0.1) is 0 Å². The number of nitrogens with two attached hydrogens (primary N) is 1. The summed E-state index contributed by atoms with van der Waals surface area (Å²) in [5, 5.41) is 3.90. The number of amides is 1. The number of hydrogen-bond acceptors (Lipinski definition) is 3. The van der Waals surface area contributed by atoms with Gasteiger partial charge in [0.1, 0.15) is 5.54 Å². The Morgan fingerprint density at radius 2 is 2.06 bits per heavy atom. The maximum atomic E-state index is 11.8. The second-order valence-electron chi connectivity index (χ2n) is 5.08. The first-order chi connectivity index (χ1) is 7.65. The molecule has 3 N–H and O–H groups in total. The van der Waals surface area contributed by atoms with Crippen molar-refractivity contribution in [1.82, 2.24) is 5.32 Å². The van der Waals surface area contributed by atoms with Crippen LogP contribution in [0.3, 0.4) is 0 Å². The van der Waals surface area contributed by atoms with Crippen LogP contribution < -0.4 is 11.1 Å². The first-order valence-electron chi connectivity index (χ1n) is 6.34. The standard InChI is InChI=1S/C12H22N2OS/c1-9-12(11(13)15,7-8-16-9)14-10-5-3-2-4-6-10/h9-10,14H,2-8H2,1H3,(H2,13,15). The van der Waals surface area contributed by atoms with Gasteiger partial charge in [0, 0.05) is 11.3 Å². The summed E-state index contributed by atoms with van der Waals surface area (Å²) in [6, 6.07) is 0.502. The van der Waals surface area contributed by atoms with Crippen molar-refractivity contribution in [2.45, 2.75) is 62.3 Å². The molecular formula is C12H22N2OS. The lowest BCUT2D eigenvalue weighted by Gasteiger charge is -2.36. The zero-order valence-electron chi connectivity index (χ0n) is 10.00. The van der Waals surface area contributed by atoms with Crippen LogP contribution >= 0.6 is 11.8 Å². The maximum absolute atomic E-state index is 11.8. The van der Waals surface area contributed by atoms with Crippen LogP contribution in [-0.4, -0.2) is 28.5 Å². The number of nitrogens with one attached hydrogen (secondary N) is 1. The molecule has 0 aromatic heterocycles. The molecule has 0 spiro atoms. The van der Waals surface area contributed by atoms with E-state index >= 15 is 0 Å². The summed E-state index contributed by atoms with van der Waals surface area (Å²) in [4.78, 5) is 11.8. The van der Waals surface area contributed by atoms with E-state index in [2.05, 4.69) is 12.2 Å². The summed E-state index contributed by atoms with van der Waals surface area (Å²) in [5.74, 6) is 0.889. The molecule has 16 heavy (non-hydrogen) atoms. The minimum atomic E-state index is -0.438. The fourth-order valence-electron chi connectivity index (χ4n) is 2.94. The maximum Gasteiger partial charge on any atom is 0.238 e. The van der Waals surface area contributed by atoms with E-state index in [-0.39, 0.29) is 5.91 Å². The quantitative estimate of drug-likeness (QED) is 0.791. The summed E-state index contributed by atoms with van der Waals surface area (Å²) in [6.07, 6.45) is 7.21. The zero-order chi connectivity index (χ0) is 11.6. The van der Waals surface area contributed by atoms with Gasteiger partial charge in [-0.25, -0.2) is 0 Å². The van der Waals surface area contributed by atoms with Crippen LogP contribution in [0.2, 0.25) is 0 Å². The van der Waals surface area contributed by atoms with Crippen LogP contribution in [0.1, 0.15) is 45.4 Å². The molecule has 0 aromatic rings. The Labute approximate surface area is 102 Å². The largest absolute Gasteiger partial charge is 0.368 e. The van der Waals surface area contributed by atoms with Gasteiger partial charge in [0.15, 0.2) is 0 Å². The molecule has 1 saturated carbocycles. The van der Waals surface area contributed by atoms with Crippen molar-refractivity contribution >= 4 is 17.7 Å². The van der Waals surface area contributed by atoms with Crippen LogP contribution in [0.15, 0.2) is 0 Å². The molecule has 2 atom stereocenters. The number of rotatable bonds is 3. The number of hydrogen-bond donors (Lipinski definition) is 2. The Balaban J connectivity index is 2.05. The SMILES string of the molecule is CC1SCCC1(NC1CCCCC1)C(N)=O. The van der Waals surface area contributed by atoms with Crippen molar-refractivity contribution in [3.63, 3.8) is 0 Å². The highest BCUT2D eigenvalue weighted by molar-refractivity contribution is 8.00. The Kier molecular flexibility index (Phi) is 3.80. The molecular weight excluding hydrogens is 220 g/mol. The van der Waals surface area contributed by atoms with Gasteiger partial charge < -0.3 is 5.73 Å². The topological polar surface area (TPSA) is 55.1 Å². The minimum Gasteiger partial charge on any atom is -0.368 e. The monoisotopic (exact) mass is 242 g/mol. The van der Waals surface area contributed by atoms with Crippen molar-refractivity contribution in [1.29, 1.82) is 0 Å². The highest BCUT2D eigenvalue weighted by Gasteiger charge is 2.47. The minimum absolute atomic E-state index is 0.157. The predicted octanol–water partition coefficient (Wildman–Crippen LogP) is 1.66. The molecule has 2 rings (SSSR count). The van der Waals surface area contributed by atoms with Crippen molar-refractivity contribution in [2.75, 3.05) is 5.75 Å². The highest BCUT2D eigenvalue weighted by atomic mass is 32.2. The number of carbonyl (C=O) groups is 1. The van der Waals surface area contributed by atoms with Crippen molar-refractivity contribution in [2.24, 2.45) is 5.73 Å². The van der Waals surface area contributed by atoms with E-state index < -0.39 is 5.54 Å². The third-order valence-corrected chi connectivity index (χ3v) is 5.41. The predicted molar refractivity (Wildman–Crippen MR) is 68.5 cm³/mol. The van der Waals surface area contributed by atoms with Gasteiger partial charge in [-0.1, -0.05) is 26.2 Å². The van der Waals surface area contributed by atoms with Gasteiger partial charge in [0.2, 0.25) is 5.91 Å². The van der Waals surface area contributed by atoms with Crippen molar-refractivity contribution in [3.8, 4) is 0 Å². The average Bonchev–Trinajstić information content (AvgIpc) is 2.63. The normalized spacial score (nSPS) is 36.4. The fraction of sp³-hybridized carbons (Fsp3) is 0.917. The smallest absolute Gasteiger partial charge is 0.238 e. The van der Waals surface area contributed by atoms with Gasteiger partial charge in [-0.2, -0.15) is 11.8 Å². The van der Waals surface area contributed by atoms with E-state index in [1.165, 1.54) is 32.1 Å². The Hall–Kier alpha value is -0.220. The molecule has 2 unspecified atom stereocenters. The second kappa shape index (κ2) is 4.96. The van der Waals surface area contributed by atoms with Crippen LogP contribution in [0, 0.1) is 0 Å². The number of primary amides is 1. The van der Waals surface area contributed by atoms with E-state index in [0.29, 0.717) is 11.3 Å². The third-order valence-electron chi connectivity index (χ3n) is 4.06. The molecule has 2 fully saturated rings. The first kappa shape index (κ1) is 12.2. The Morgan fingerprint density at radius 3 is 2.56 bits per heavy atom. The van der Waals surface area contributed by atoms with Gasteiger partial charge in [-0.3, -0.25) is 10.1 Å². The molecule has 3 nitrogen and oxygen atoms in total. The molecule has 0 radical (unpaired) electrons. The molecule has 1 aliphatic heterocycles. The van der Waals surface area contributed by atoms with E-state index in [1.807, 2.05) is 11.8 Å². The highest BCUT2D eigenvalue weighted by Crippen LogP contribution is 2.37. The van der Waals surface area contributed by atoms with Gasteiger partial charge in [-0.15, -0.1) is 0 Å². The Bertz CT molecular complexity index is 266. The summed E-state index contributed by atoms with van der Waals surface area (Å²) in [7, 11) is 0. The Morgan fingerprint density at radius 1 is 1.38 bits per heavy atom. The third kappa shape index (κ3) is 2.23. The molecule has 1 aliphatic carbocycles. The van der Waals surface area contributed by atoms with Gasteiger partial charge in [0.25, 0.3) is 0 Å². The van der Waals surface area contributed by atoms with Crippen LogP contribution in [-0.2, 0) is 4.79 Å². The lowest BCUT2D eigenvalue weighted by atomic mass is 9.87. The van der Waals surface area contributed by atoms with Gasteiger partial charge in [-0.05, 0) is 25.0 Å². The molecule has 1 saturated heterocycles.